The number of aromatic nitrogens is 4. The molecule has 0 unspecified atom stereocenters. The van der Waals surface area contributed by atoms with Gasteiger partial charge in [0, 0.05) is 18.7 Å². The Balaban J connectivity index is 2.23. The average molecular weight is 386 g/mol. The second kappa shape index (κ2) is 7.58. The number of rotatable bonds is 6. The van der Waals surface area contributed by atoms with E-state index in [0.717, 1.165) is 51.3 Å². The molecule has 27 heavy (non-hydrogen) atoms. The SMILES string of the molecule is CCC(CC)c1cc(C)nn2c(-c3sc(N(C)C(C)C)nc3C)c(C)nc12. The molecule has 3 heterocycles. The first-order valence-electron chi connectivity index (χ1n) is 9.85. The molecule has 3 aromatic heterocycles. The lowest BCUT2D eigenvalue weighted by molar-refractivity contribution is 0.638. The van der Waals surface area contributed by atoms with Gasteiger partial charge in [-0.15, -0.1) is 0 Å². The summed E-state index contributed by atoms with van der Waals surface area (Å²) in [7, 11) is 2.10. The normalized spacial score (nSPS) is 11.9. The van der Waals surface area contributed by atoms with Crippen molar-refractivity contribution in [1.82, 2.24) is 19.6 Å². The van der Waals surface area contributed by atoms with Crippen molar-refractivity contribution in [2.24, 2.45) is 0 Å². The highest BCUT2D eigenvalue weighted by molar-refractivity contribution is 7.19. The molecule has 3 rings (SSSR count). The number of nitrogens with zero attached hydrogens (tertiary/aromatic N) is 5. The zero-order valence-electron chi connectivity index (χ0n) is 17.8. The van der Waals surface area contributed by atoms with Gasteiger partial charge in [0.15, 0.2) is 10.8 Å². The lowest BCUT2D eigenvalue weighted by atomic mass is 9.95. The number of aryl methyl sites for hydroxylation is 3. The molecule has 6 heteroatoms. The summed E-state index contributed by atoms with van der Waals surface area (Å²) in [6.45, 7) is 15.1. The van der Waals surface area contributed by atoms with Crippen molar-refractivity contribution in [2.75, 3.05) is 11.9 Å². The third kappa shape index (κ3) is 3.47. The Morgan fingerprint density at radius 1 is 1.07 bits per heavy atom. The van der Waals surface area contributed by atoms with Crippen LogP contribution in [0.1, 0.15) is 69.1 Å². The standard InChI is InChI=1S/C21H31N5S/c1-9-16(10-2)17-11-13(5)24-26-18(14(6)22-20(17)26)19-15(7)23-21(27-19)25(8)12(3)4/h11-12,16H,9-10H2,1-8H3. The van der Waals surface area contributed by atoms with Crippen molar-refractivity contribution >= 4 is 22.1 Å². The molecule has 146 valence electrons. The van der Waals surface area contributed by atoms with Crippen molar-refractivity contribution in [2.45, 2.75) is 73.3 Å². The molecular formula is C21H31N5S. The predicted molar refractivity (Wildman–Crippen MR) is 115 cm³/mol. The van der Waals surface area contributed by atoms with E-state index in [1.807, 2.05) is 0 Å². The molecule has 3 aromatic rings. The van der Waals surface area contributed by atoms with E-state index in [0.29, 0.717) is 12.0 Å². The Kier molecular flexibility index (Phi) is 5.56. The number of thiazole rings is 1. The molecule has 0 aliphatic carbocycles. The van der Waals surface area contributed by atoms with Gasteiger partial charge in [-0.25, -0.2) is 14.5 Å². The maximum atomic E-state index is 4.94. The van der Waals surface area contributed by atoms with Crippen LogP contribution in [0.25, 0.3) is 16.2 Å². The maximum absolute atomic E-state index is 4.94. The molecule has 0 atom stereocenters. The van der Waals surface area contributed by atoms with Crippen LogP contribution in [-0.2, 0) is 0 Å². The van der Waals surface area contributed by atoms with Gasteiger partial charge in [-0.1, -0.05) is 25.2 Å². The van der Waals surface area contributed by atoms with E-state index < -0.39 is 0 Å². The number of hydrogen-bond donors (Lipinski definition) is 0. The Bertz CT molecular complexity index is 949. The number of hydrogen-bond acceptors (Lipinski definition) is 5. The van der Waals surface area contributed by atoms with Gasteiger partial charge in [0.25, 0.3) is 0 Å². The lowest BCUT2D eigenvalue weighted by Crippen LogP contribution is -2.25. The summed E-state index contributed by atoms with van der Waals surface area (Å²) in [5.41, 5.74) is 6.48. The van der Waals surface area contributed by atoms with E-state index in [4.69, 9.17) is 15.1 Å². The van der Waals surface area contributed by atoms with E-state index >= 15 is 0 Å². The van der Waals surface area contributed by atoms with Gasteiger partial charge < -0.3 is 4.90 Å². The fourth-order valence-corrected chi connectivity index (χ4v) is 4.79. The summed E-state index contributed by atoms with van der Waals surface area (Å²) in [4.78, 5) is 13.1. The Labute approximate surface area is 166 Å². The van der Waals surface area contributed by atoms with E-state index in [-0.39, 0.29) is 0 Å². The number of anilines is 1. The van der Waals surface area contributed by atoms with E-state index in [2.05, 4.69) is 71.0 Å². The first-order chi connectivity index (χ1) is 12.8. The zero-order chi connectivity index (χ0) is 19.9. The van der Waals surface area contributed by atoms with Gasteiger partial charge in [0.05, 0.1) is 22.0 Å². The van der Waals surface area contributed by atoms with Crippen molar-refractivity contribution in [3.63, 3.8) is 0 Å². The number of fused-ring (bicyclic) bond motifs is 1. The molecule has 0 fully saturated rings. The average Bonchev–Trinajstić information content (AvgIpc) is 3.14. The molecule has 0 amide bonds. The van der Waals surface area contributed by atoms with Gasteiger partial charge in [0.1, 0.15) is 5.69 Å². The fraction of sp³-hybridized carbons (Fsp3) is 0.571. The fourth-order valence-electron chi connectivity index (χ4n) is 3.54. The molecule has 0 N–H and O–H groups in total. The summed E-state index contributed by atoms with van der Waals surface area (Å²) >= 11 is 1.73. The molecule has 5 nitrogen and oxygen atoms in total. The highest BCUT2D eigenvalue weighted by Gasteiger charge is 2.23. The maximum Gasteiger partial charge on any atom is 0.186 e. The van der Waals surface area contributed by atoms with E-state index in [9.17, 15) is 0 Å². The van der Waals surface area contributed by atoms with Crippen molar-refractivity contribution in [3.8, 4) is 10.6 Å². The predicted octanol–water partition coefficient (Wildman–Crippen LogP) is 5.53. The highest BCUT2D eigenvalue weighted by Crippen LogP contribution is 2.38. The highest BCUT2D eigenvalue weighted by atomic mass is 32.1. The van der Waals surface area contributed by atoms with Gasteiger partial charge in [-0.2, -0.15) is 5.10 Å². The largest absolute Gasteiger partial charge is 0.349 e. The van der Waals surface area contributed by atoms with Crippen LogP contribution in [0, 0.1) is 20.8 Å². The van der Waals surface area contributed by atoms with Crippen LogP contribution in [0.15, 0.2) is 6.07 Å². The second-order valence-corrected chi connectivity index (χ2v) is 8.63. The van der Waals surface area contributed by atoms with Crippen molar-refractivity contribution < 1.29 is 0 Å². The second-order valence-electron chi connectivity index (χ2n) is 7.65. The molecule has 0 aromatic carbocycles. The van der Waals surface area contributed by atoms with E-state index in [1.165, 1.54) is 5.56 Å². The minimum Gasteiger partial charge on any atom is -0.349 e. The topological polar surface area (TPSA) is 46.3 Å². The van der Waals surface area contributed by atoms with Crippen molar-refractivity contribution in [1.29, 1.82) is 0 Å². The van der Waals surface area contributed by atoms with Gasteiger partial charge >= 0.3 is 0 Å². The number of imidazole rings is 1. The summed E-state index contributed by atoms with van der Waals surface area (Å²) in [6, 6.07) is 2.62. The van der Waals surface area contributed by atoms with Crippen LogP contribution in [0.5, 0.6) is 0 Å². The van der Waals surface area contributed by atoms with Gasteiger partial charge in [0.2, 0.25) is 0 Å². The minimum absolute atomic E-state index is 0.411. The Morgan fingerprint density at radius 2 is 1.74 bits per heavy atom. The van der Waals surface area contributed by atoms with Crippen LogP contribution >= 0.6 is 11.3 Å². The molecule has 0 saturated heterocycles. The molecule has 0 aliphatic rings. The van der Waals surface area contributed by atoms with Gasteiger partial charge in [-0.3, -0.25) is 0 Å². The zero-order valence-corrected chi connectivity index (χ0v) is 18.6. The van der Waals surface area contributed by atoms with Crippen molar-refractivity contribution in [3.05, 3.63) is 28.7 Å². The van der Waals surface area contributed by atoms with Crippen LogP contribution in [-0.4, -0.2) is 32.7 Å². The third-order valence-corrected chi connectivity index (χ3v) is 6.67. The van der Waals surface area contributed by atoms with Gasteiger partial charge in [-0.05, 0) is 59.4 Å². The van der Waals surface area contributed by atoms with Crippen LogP contribution in [0.4, 0.5) is 5.13 Å². The lowest BCUT2D eigenvalue weighted by Gasteiger charge is -2.19. The van der Waals surface area contributed by atoms with E-state index in [1.54, 1.807) is 11.3 Å². The molecule has 0 saturated carbocycles. The molecular weight excluding hydrogens is 354 g/mol. The summed E-state index contributed by atoms with van der Waals surface area (Å²) in [5.74, 6) is 0.508. The first-order valence-corrected chi connectivity index (χ1v) is 10.7. The minimum atomic E-state index is 0.411. The Hall–Kier alpha value is -1.95. The summed E-state index contributed by atoms with van der Waals surface area (Å²) in [6.07, 6.45) is 2.22. The van der Waals surface area contributed by atoms with Crippen LogP contribution in [0.2, 0.25) is 0 Å². The Morgan fingerprint density at radius 3 is 2.33 bits per heavy atom. The molecule has 0 spiro atoms. The monoisotopic (exact) mass is 385 g/mol. The third-order valence-electron chi connectivity index (χ3n) is 5.41. The first kappa shape index (κ1) is 19.8. The molecule has 0 bridgehead atoms. The summed E-state index contributed by atoms with van der Waals surface area (Å²) < 4.78 is 2.05. The van der Waals surface area contributed by atoms with Crippen LogP contribution in [0.3, 0.4) is 0 Å². The molecule has 0 radical (unpaired) electrons. The quantitative estimate of drug-likeness (QED) is 0.560. The molecule has 0 aliphatic heterocycles. The smallest absolute Gasteiger partial charge is 0.186 e. The van der Waals surface area contributed by atoms with Crippen LogP contribution < -0.4 is 4.90 Å². The summed E-state index contributed by atoms with van der Waals surface area (Å²) in [5, 5.41) is 5.88.